The van der Waals surface area contributed by atoms with Crippen molar-refractivity contribution in [3.63, 3.8) is 0 Å². The van der Waals surface area contributed by atoms with Crippen LogP contribution < -0.4 is 5.73 Å². The second-order valence-electron chi connectivity index (χ2n) is 4.64. The van der Waals surface area contributed by atoms with E-state index in [0.29, 0.717) is 11.2 Å². The summed E-state index contributed by atoms with van der Waals surface area (Å²) < 4.78 is 26.6. The minimum atomic E-state index is -3.68. The fourth-order valence-electron chi connectivity index (χ4n) is 2.10. The lowest BCUT2D eigenvalue weighted by Gasteiger charge is -2.09. The summed E-state index contributed by atoms with van der Waals surface area (Å²) in [5, 5.41) is 0.730. The van der Waals surface area contributed by atoms with Gasteiger partial charge in [-0.3, -0.25) is 0 Å². The molecule has 5 heteroatoms. The Hall–Kier alpha value is -2.27. The fourth-order valence-corrected chi connectivity index (χ4v) is 3.42. The molecule has 1 aromatic heterocycles. The third-order valence-corrected chi connectivity index (χ3v) is 5.04. The first kappa shape index (κ1) is 18.8. The van der Waals surface area contributed by atoms with Gasteiger partial charge in [0.25, 0.3) is 10.0 Å². The number of anilines is 1. The Morgan fingerprint density at radius 2 is 1.91 bits per heavy atom. The molecule has 2 N–H and O–H groups in total. The van der Waals surface area contributed by atoms with Gasteiger partial charge in [-0.15, -0.1) is 0 Å². The average Bonchev–Trinajstić information content (AvgIpc) is 2.99. The normalized spacial score (nSPS) is 12.3. The zero-order valence-electron chi connectivity index (χ0n) is 14.1. The van der Waals surface area contributed by atoms with Crippen LogP contribution in [0.4, 0.5) is 5.69 Å². The molecule has 0 saturated carbocycles. The molecule has 2 aromatic rings. The fraction of sp³-hybridized carbons (Fsp3) is 0.222. The van der Waals surface area contributed by atoms with Gasteiger partial charge < -0.3 is 5.73 Å². The molecule has 1 heterocycles. The average molecular weight is 332 g/mol. The van der Waals surface area contributed by atoms with Crippen molar-refractivity contribution in [1.82, 2.24) is 3.97 Å². The number of nitrogens with zero attached hydrogens (tertiary/aromatic N) is 1. The Morgan fingerprint density at radius 3 is 2.48 bits per heavy atom. The molecule has 0 atom stereocenters. The Bertz CT molecular complexity index is 857. The van der Waals surface area contributed by atoms with Crippen molar-refractivity contribution < 1.29 is 8.42 Å². The maximum Gasteiger partial charge on any atom is 0.268 e. The van der Waals surface area contributed by atoms with E-state index >= 15 is 0 Å². The third-order valence-electron chi connectivity index (χ3n) is 3.31. The molecule has 0 saturated heterocycles. The zero-order chi connectivity index (χ0) is 17.6. The molecule has 0 bridgehead atoms. The first-order valence-corrected chi connectivity index (χ1v) is 8.94. The molecule has 23 heavy (non-hydrogen) atoms. The summed E-state index contributed by atoms with van der Waals surface area (Å²) >= 11 is 0. The Morgan fingerprint density at radius 1 is 1.26 bits per heavy atom. The van der Waals surface area contributed by atoms with Crippen molar-refractivity contribution in [1.29, 1.82) is 0 Å². The predicted molar refractivity (Wildman–Crippen MR) is 99.8 cm³/mol. The van der Waals surface area contributed by atoms with Gasteiger partial charge in [-0.05, 0) is 43.7 Å². The number of allylic oxidation sites excluding steroid dienone is 4. The first-order valence-electron chi connectivity index (χ1n) is 7.50. The summed E-state index contributed by atoms with van der Waals surface area (Å²) in [5.41, 5.74) is 8.09. The number of benzene rings is 1. The molecule has 0 spiro atoms. The van der Waals surface area contributed by atoms with Crippen LogP contribution in [0.1, 0.15) is 26.3 Å². The Kier molecular flexibility index (Phi) is 6.39. The number of rotatable bonds is 4. The van der Waals surface area contributed by atoms with Crippen molar-refractivity contribution in [2.75, 3.05) is 5.73 Å². The van der Waals surface area contributed by atoms with Crippen molar-refractivity contribution in [2.24, 2.45) is 0 Å². The van der Waals surface area contributed by atoms with E-state index in [1.54, 1.807) is 24.3 Å². The van der Waals surface area contributed by atoms with Crippen LogP contribution in [-0.4, -0.2) is 12.4 Å². The van der Waals surface area contributed by atoms with Crippen LogP contribution in [0, 0.1) is 6.92 Å². The molecular formula is C18H24N2O2S. The van der Waals surface area contributed by atoms with Crippen LogP contribution in [0.2, 0.25) is 0 Å². The van der Waals surface area contributed by atoms with Gasteiger partial charge in [0.2, 0.25) is 0 Å². The highest BCUT2D eigenvalue weighted by Gasteiger charge is 2.20. The molecular weight excluding hydrogens is 308 g/mol. The quantitative estimate of drug-likeness (QED) is 0.667. The lowest BCUT2D eigenvalue weighted by atomic mass is 10.1. The third kappa shape index (κ3) is 3.56. The number of hydrogen-bond acceptors (Lipinski definition) is 3. The van der Waals surface area contributed by atoms with Crippen LogP contribution in [0.15, 0.2) is 60.2 Å². The van der Waals surface area contributed by atoms with Crippen molar-refractivity contribution in [2.45, 2.75) is 27.7 Å². The van der Waals surface area contributed by atoms with E-state index in [-0.39, 0.29) is 4.91 Å². The summed E-state index contributed by atoms with van der Waals surface area (Å²) in [6.07, 6.45) is 7.79. The number of nitrogens with two attached hydrogens (primary N) is 1. The van der Waals surface area contributed by atoms with E-state index in [0.717, 1.165) is 10.9 Å². The minimum absolute atomic E-state index is 0.136. The van der Waals surface area contributed by atoms with Crippen LogP contribution in [-0.2, 0) is 10.0 Å². The lowest BCUT2D eigenvalue weighted by Crippen LogP contribution is -2.12. The van der Waals surface area contributed by atoms with Gasteiger partial charge in [0, 0.05) is 17.3 Å². The summed E-state index contributed by atoms with van der Waals surface area (Å²) in [4.78, 5) is 0.136. The number of fused-ring (bicyclic) bond motifs is 1. The van der Waals surface area contributed by atoms with E-state index in [2.05, 4.69) is 6.58 Å². The summed E-state index contributed by atoms with van der Waals surface area (Å²) in [6.45, 7) is 11.3. The maximum absolute atomic E-state index is 12.7. The van der Waals surface area contributed by atoms with E-state index < -0.39 is 10.0 Å². The number of aromatic nitrogens is 1. The molecule has 1 aromatic carbocycles. The highest BCUT2D eigenvalue weighted by atomic mass is 32.2. The SMILES string of the molecule is C=C/C(=C\C=C/C)S(=O)(=O)n1ccc2c(N)c(C)ccc21.CC. The second kappa shape index (κ2) is 7.83. The molecule has 4 nitrogen and oxygen atoms in total. The molecule has 0 aliphatic rings. The van der Waals surface area contributed by atoms with Gasteiger partial charge in [0.15, 0.2) is 0 Å². The van der Waals surface area contributed by atoms with Crippen LogP contribution in [0.5, 0.6) is 0 Å². The summed E-state index contributed by atoms with van der Waals surface area (Å²) in [5.74, 6) is 0. The van der Waals surface area contributed by atoms with E-state index in [4.69, 9.17) is 5.73 Å². The second-order valence-corrected chi connectivity index (χ2v) is 6.46. The van der Waals surface area contributed by atoms with Gasteiger partial charge in [-0.2, -0.15) is 0 Å². The summed E-state index contributed by atoms with van der Waals surface area (Å²) in [6, 6.07) is 5.29. The zero-order valence-corrected chi connectivity index (χ0v) is 14.9. The largest absolute Gasteiger partial charge is 0.398 e. The van der Waals surface area contributed by atoms with Gasteiger partial charge >= 0.3 is 0 Å². The van der Waals surface area contributed by atoms with E-state index in [1.165, 1.54) is 22.3 Å². The molecule has 2 rings (SSSR count). The van der Waals surface area contributed by atoms with Gasteiger partial charge in [-0.25, -0.2) is 12.4 Å². The molecule has 0 aliphatic carbocycles. The summed E-state index contributed by atoms with van der Waals surface area (Å²) in [7, 11) is -3.68. The van der Waals surface area contributed by atoms with Gasteiger partial charge in [0.05, 0.1) is 10.4 Å². The van der Waals surface area contributed by atoms with Crippen LogP contribution in [0.3, 0.4) is 0 Å². The predicted octanol–water partition coefficient (Wildman–Crippen LogP) is 4.38. The number of nitrogen functional groups attached to an aromatic ring is 1. The Labute approximate surface area is 138 Å². The molecule has 0 aliphatic heterocycles. The first-order chi connectivity index (χ1) is 10.9. The van der Waals surface area contributed by atoms with Gasteiger partial charge in [-0.1, -0.05) is 38.6 Å². The lowest BCUT2D eigenvalue weighted by molar-refractivity contribution is 0.596. The number of aryl methyl sites for hydroxylation is 1. The molecule has 0 unspecified atom stereocenters. The van der Waals surface area contributed by atoms with Crippen molar-refractivity contribution in [3.05, 3.63) is 65.7 Å². The molecule has 124 valence electrons. The van der Waals surface area contributed by atoms with Crippen LogP contribution >= 0.6 is 0 Å². The van der Waals surface area contributed by atoms with Crippen LogP contribution in [0.25, 0.3) is 10.9 Å². The number of hydrogen-bond donors (Lipinski definition) is 1. The highest BCUT2D eigenvalue weighted by molar-refractivity contribution is 7.94. The molecule has 0 radical (unpaired) electrons. The topological polar surface area (TPSA) is 65.1 Å². The Balaban J connectivity index is 0.00000127. The van der Waals surface area contributed by atoms with Crippen molar-refractivity contribution >= 4 is 26.6 Å². The molecule has 0 fully saturated rings. The monoisotopic (exact) mass is 332 g/mol. The highest BCUT2D eigenvalue weighted by Crippen LogP contribution is 2.28. The standard InChI is InChI=1S/C16H18N2O2S.C2H6/c1-4-6-7-13(5-2)21(19,20)18-11-10-14-15(18)9-8-12(3)16(14)17;1-2/h4-11H,2,17H2,1,3H3;1-2H3/b6-4-,13-7+;. The van der Waals surface area contributed by atoms with Gasteiger partial charge in [0.1, 0.15) is 0 Å². The van der Waals surface area contributed by atoms with E-state index in [9.17, 15) is 8.42 Å². The smallest absolute Gasteiger partial charge is 0.268 e. The molecule has 0 amide bonds. The van der Waals surface area contributed by atoms with E-state index in [1.807, 2.05) is 33.8 Å². The minimum Gasteiger partial charge on any atom is -0.398 e. The van der Waals surface area contributed by atoms with Crippen molar-refractivity contribution in [3.8, 4) is 0 Å². The maximum atomic E-state index is 12.7.